The third-order valence-electron chi connectivity index (χ3n) is 6.75. The van der Waals surface area contributed by atoms with E-state index < -0.39 is 17.9 Å². The Kier molecular flexibility index (Phi) is 7.24. The first kappa shape index (κ1) is 25.0. The molecule has 1 aromatic carbocycles. The van der Waals surface area contributed by atoms with Crippen LogP contribution in [0.4, 0.5) is 5.69 Å². The Morgan fingerprint density at radius 2 is 1.92 bits per heavy atom. The Morgan fingerprint density at radius 1 is 1.14 bits per heavy atom. The number of H-pyrrole nitrogens is 1. The molecule has 3 amide bonds. The molecule has 0 bridgehead atoms. The van der Waals surface area contributed by atoms with Crippen molar-refractivity contribution in [2.45, 2.75) is 50.7 Å². The first-order valence-electron chi connectivity index (χ1n) is 12.2. The maximum Gasteiger partial charge on any atom is 0.270 e. The van der Waals surface area contributed by atoms with Crippen molar-refractivity contribution in [3.05, 3.63) is 69.0 Å². The number of carbonyl (C=O) groups is 3. The van der Waals surface area contributed by atoms with Gasteiger partial charge in [-0.25, -0.2) is 0 Å². The van der Waals surface area contributed by atoms with Crippen molar-refractivity contribution in [3.8, 4) is 0 Å². The van der Waals surface area contributed by atoms with Crippen LogP contribution in [0.3, 0.4) is 0 Å². The Hall–Kier alpha value is -3.70. The number of aromatic nitrogens is 2. The van der Waals surface area contributed by atoms with Crippen LogP contribution in [0.1, 0.15) is 68.7 Å². The summed E-state index contributed by atoms with van der Waals surface area (Å²) in [7, 11) is 0. The molecule has 4 aromatic rings. The lowest BCUT2D eigenvalue weighted by atomic mass is 9.94. The van der Waals surface area contributed by atoms with Gasteiger partial charge in [-0.2, -0.15) is 4.37 Å². The summed E-state index contributed by atoms with van der Waals surface area (Å²) in [4.78, 5) is 45.6. The minimum absolute atomic E-state index is 0.0579. The van der Waals surface area contributed by atoms with Gasteiger partial charge in [0.05, 0.1) is 12.2 Å². The number of primary amides is 1. The van der Waals surface area contributed by atoms with Gasteiger partial charge >= 0.3 is 0 Å². The number of nitrogens with two attached hydrogens (primary N) is 2. The average molecular weight is 537 g/mol. The number of anilines is 1. The highest BCUT2D eigenvalue weighted by Crippen LogP contribution is 2.34. The first-order chi connectivity index (χ1) is 17.9. The number of nitrogens with zero attached hydrogens (tertiary/aromatic N) is 2. The van der Waals surface area contributed by atoms with Crippen molar-refractivity contribution < 1.29 is 14.4 Å². The maximum absolute atomic E-state index is 14.1. The Balaban J connectivity index is 1.61. The van der Waals surface area contributed by atoms with Crippen molar-refractivity contribution in [1.29, 1.82) is 0 Å². The number of nitrogen functional groups attached to an aromatic ring is 1. The molecule has 5 rings (SSSR count). The van der Waals surface area contributed by atoms with Gasteiger partial charge in [-0.3, -0.25) is 14.4 Å². The zero-order valence-corrected chi connectivity index (χ0v) is 21.7. The Bertz CT molecular complexity index is 1420. The van der Waals surface area contributed by atoms with E-state index in [0.29, 0.717) is 5.56 Å². The van der Waals surface area contributed by atoms with Gasteiger partial charge in [0.2, 0.25) is 5.91 Å². The summed E-state index contributed by atoms with van der Waals surface area (Å²) in [6.07, 6.45) is 6.90. The van der Waals surface area contributed by atoms with Crippen LogP contribution < -0.4 is 16.8 Å². The third-order valence-corrected chi connectivity index (χ3v) is 8.46. The van der Waals surface area contributed by atoms with Gasteiger partial charge in [-0.05, 0) is 41.9 Å². The van der Waals surface area contributed by atoms with E-state index in [4.69, 9.17) is 11.5 Å². The normalized spacial score (nSPS) is 14.9. The monoisotopic (exact) mass is 536 g/mol. The highest BCUT2D eigenvalue weighted by molar-refractivity contribution is 7.10. The average Bonchev–Trinajstić information content (AvgIpc) is 3.64. The summed E-state index contributed by atoms with van der Waals surface area (Å²) in [5, 5.41) is 5.99. The summed E-state index contributed by atoms with van der Waals surface area (Å²) >= 11 is 2.31. The molecule has 37 heavy (non-hydrogen) atoms. The van der Waals surface area contributed by atoms with Gasteiger partial charge < -0.3 is 26.7 Å². The molecule has 0 unspecified atom stereocenters. The number of rotatable bonds is 8. The fraction of sp³-hybridized carbons (Fsp3) is 0.308. The van der Waals surface area contributed by atoms with E-state index in [-0.39, 0.29) is 34.8 Å². The molecule has 3 heterocycles. The number of thiophene rings is 1. The molecule has 192 valence electrons. The summed E-state index contributed by atoms with van der Waals surface area (Å²) in [5.74, 6) is -1.54. The van der Waals surface area contributed by atoms with Crippen molar-refractivity contribution in [1.82, 2.24) is 19.6 Å². The number of benzene rings is 1. The third kappa shape index (κ3) is 5.09. The van der Waals surface area contributed by atoms with E-state index in [1.165, 1.54) is 16.2 Å². The molecule has 0 spiro atoms. The van der Waals surface area contributed by atoms with Crippen LogP contribution in [-0.4, -0.2) is 38.0 Å². The number of hydrogen-bond acceptors (Lipinski definition) is 7. The molecule has 1 fully saturated rings. The lowest BCUT2D eigenvalue weighted by Crippen LogP contribution is -2.46. The lowest BCUT2D eigenvalue weighted by molar-refractivity contribution is -0.127. The van der Waals surface area contributed by atoms with Crippen molar-refractivity contribution in [3.63, 3.8) is 0 Å². The van der Waals surface area contributed by atoms with Crippen LogP contribution in [-0.2, 0) is 11.3 Å². The predicted octanol–water partition coefficient (Wildman–Crippen LogP) is 4.20. The molecule has 0 radical (unpaired) electrons. The molecular weight excluding hydrogens is 508 g/mol. The van der Waals surface area contributed by atoms with E-state index >= 15 is 0 Å². The molecule has 1 aliphatic rings. The minimum atomic E-state index is -0.939. The molecule has 1 aliphatic carbocycles. The van der Waals surface area contributed by atoms with Gasteiger partial charge in [0, 0.05) is 33.6 Å². The SMILES string of the molecule is NC(=O)c1nsc(C(=O)N(Cc2cccs2)[C@H](C(=O)NC2CCCCC2)c2c[nH]c3ccccc23)c1N. The van der Waals surface area contributed by atoms with Gasteiger partial charge in [-0.1, -0.05) is 43.5 Å². The smallest absolute Gasteiger partial charge is 0.270 e. The molecule has 6 N–H and O–H groups in total. The Labute approximate surface area is 222 Å². The second-order valence-corrected chi connectivity index (χ2v) is 11.0. The quantitative estimate of drug-likeness (QED) is 0.266. The van der Waals surface area contributed by atoms with Crippen molar-refractivity contribution in [2.24, 2.45) is 5.73 Å². The highest BCUT2D eigenvalue weighted by atomic mass is 32.1. The van der Waals surface area contributed by atoms with E-state index in [1.807, 2.05) is 41.8 Å². The van der Waals surface area contributed by atoms with Gasteiger partial charge in [0.25, 0.3) is 11.8 Å². The standard InChI is InChI=1S/C26H28N6O3S2/c27-20-21(24(28)33)31-37-23(20)26(35)32(14-16-9-6-12-36-16)22(25(34)30-15-7-2-1-3-8-15)18-13-29-19-11-5-4-10-17(18)19/h4-6,9-13,15,22,29H,1-3,7-8,14,27H2,(H2,28,33)(H,30,34)/t22-/m0/s1. The van der Waals surface area contributed by atoms with E-state index in [1.54, 1.807) is 6.20 Å². The second kappa shape index (κ2) is 10.7. The fourth-order valence-corrected chi connectivity index (χ4v) is 6.37. The first-order valence-corrected chi connectivity index (χ1v) is 13.8. The number of amides is 3. The van der Waals surface area contributed by atoms with Crippen LogP contribution in [0, 0.1) is 0 Å². The van der Waals surface area contributed by atoms with Crippen LogP contribution in [0.5, 0.6) is 0 Å². The van der Waals surface area contributed by atoms with Gasteiger partial charge in [0.15, 0.2) is 5.69 Å². The predicted molar refractivity (Wildman–Crippen MR) is 145 cm³/mol. The molecule has 11 heteroatoms. The topological polar surface area (TPSA) is 147 Å². The van der Waals surface area contributed by atoms with Crippen molar-refractivity contribution >= 4 is 57.2 Å². The second-order valence-electron chi connectivity index (χ2n) is 9.19. The van der Waals surface area contributed by atoms with Crippen LogP contribution in [0.15, 0.2) is 48.0 Å². The number of nitrogens with one attached hydrogen (secondary N) is 2. The number of para-hydroxylation sites is 1. The zero-order chi connectivity index (χ0) is 25.9. The zero-order valence-electron chi connectivity index (χ0n) is 20.1. The fourth-order valence-electron chi connectivity index (χ4n) is 4.91. The summed E-state index contributed by atoms with van der Waals surface area (Å²) in [5.41, 5.74) is 12.9. The molecule has 1 saturated carbocycles. The number of carbonyl (C=O) groups excluding carboxylic acids is 3. The summed E-state index contributed by atoms with van der Waals surface area (Å²) in [6, 6.07) is 10.6. The Morgan fingerprint density at radius 3 is 2.62 bits per heavy atom. The van der Waals surface area contributed by atoms with Crippen LogP contribution in [0.25, 0.3) is 10.9 Å². The molecule has 9 nitrogen and oxygen atoms in total. The maximum atomic E-state index is 14.1. The summed E-state index contributed by atoms with van der Waals surface area (Å²) < 4.78 is 4.02. The molecular formula is C26H28N6O3S2. The minimum Gasteiger partial charge on any atom is -0.395 e. The molecule has 0 saturated heterocycles. The van der Waals surface area contributed by atoms with E-state index in [9.17, 15) is 14.4 Å². The van der Waals surface area contributed by atoms with Gasteiger partial charge in [0.1, 0.15) is 10.9 Å². The number of aromatic amines is 1. The largest absolute Gasteiger partial charge is 0.395 e. The number of hydrogen-bond donors (Lipinski definition) is 4. The van der Waals surface area contributed by atoms with E-state index in [0.717, 1.165) is 59.4 Å². The van der Waals surface area contributed by atoms with Gasteiger partial charge in [-0.15, -0.1) is 11.3 Å². The van der Waals surface area contributed by atoms with E-state index in [2.05, 4.69) is 14.7 Å². The lowest BCUT2D eigenvalue weighted by Gasteiger charge is -2.32. The van der Waals surface area contributed by atoms with Crippen molar-refractivity contribution in [2.75, 3.05) is 5.73 Å². The van der Waals surface area contributed by atoms with Crippen LogP contribution in [0.2, 0.25) is 0 Å². The highest BCUT2D eigenvalue weighted by Gasteiger charge is 2.37. The molecule has 0 aliphatic heterocycles. The van der Waals surface area contributed by atoms with Crippen LogP contribution >= 0.6 is 22.9 Å². The number of fused-ring (bicyclic) bond motifs is 1. The molecule has 1 atom stereocenters. The summed E-state index contributed by atoms with van der Waals surface area (Å²) in [6.45, 7) is 0.183. The molecule has 3 aromatic heterocycles.